The van der Waals surface area contributed by atoms with Crippen molar-refractivity contribution in [3.63, 3.8) is 0 Å². The van der Waals surface area contributed by atoms with E-state index in [0.717, 1.165) is 32.1 Å². The third kappa shape index (κ3) is 4.67. The Morgan fingerprint density at radius 1 is 1.24 bits per heavy atom. The smallest absolute Gasteiger partial charge is 0.123 e. The molecule has 0 saturated heterocycles. The maximum absolute atomic E-state index is 13.8. The SMILES string of the molecule is [2H][C@](Nc1cc(Cl)c2ncc(C#N)c(NC3CCCC3(C)C)c2c1)(c1ccc(F)cc1)c1cn(C2CC2)nn1. The number of anilines is 2. The monoisotopic (exact) mass is 530 g/mol. The van der Waals surface area contributed by atoms with Crippen molar-refractivity contribution >= 4 is 33.9 Å². The molecule has 2 aromatic carbocycles. The van der Waals surface area contributed by atoms with Gasteiger partial charge in [0.15, 0.2) is 0 Å². The van der Waals surface area contributed by atoms with E-state index in [4.69, 9.17) is 11.6 Å². The van der Waals surface area contributed by atoms with Crippen LogP contribution in [-0.2, 0) is 0 Å². The van der Waals surface area contributed by atoms with Crippen LogP contribution in [0.1, 0.15) is 76.2 Å². The zero-order chi connectivity index (χ0) is 27.4. The Labute approximate surface area is 227 Å². The van der Waals surface area contributed by atoms with Crippen LogP contribution >= 0.6 is 11.6 Å². The summed E-state index contributed by atoms with van der Waals surface area (Å²) in [5.41, 5.74) is 3.18. The molecule has 2 heterocycles. The van der Waals surface area contributed by atoms with Gasteiger partial charge in [0.2, 0.25) is 0 Å². The van der Waals surface area contributed by atoms with Crippen molar-refractivity contribution < 1.29 is 5.76 Å². The first kappa shape index (κ1) is 23.4. The van der Waals surface area contributed by atoms with Gasteiger partial charge in [-0.3, -0.25) is 4.98 Å². The average molecular weight is 531 g/mol. The maximum atomic E-state index is 13.8. The zero-order valence-electron chi connectivity index (χ0n) is 22.3. The standard InChI is InChI=1S/C29H29ClFN7/c1-29(2)11-3-4-25(29)35-26-18(14-32)15-33-28-22(26)12-20(13-23(28)30)34-27(17-5-7-19(31)8-6-17)24-16-38(37-36-24)21-9-10-21/h5-8,12-13,15-16,21,25,27,34H,3-4,9-11H2,1-2H3,(H,33,35)/t25?,27-/m0/s1/i27D. The van der Waals surface area contributed by atoms with Crippen molar-refractivity contribution in [1.82, 2.24) is 20.0 Å². The normalized spacial score (nSPS) is 20.5. The van der Waals surface area contributed by atoms with Gasteiger partial charge in [-0.1, -0.05) is 49.2 Å². The number of rotatable bonds is 7. The number of nitrogens with one attached hydrogen (secondary N) is 2. The van der Waals surface area contributed by atoms with E-state index >= 15 is 0 Å². The van der Waals surface area contributed by atoms with Crippen molar-refractivity contribution in [1.29, 1.82) is 5.26 Å². The van der Waals surface area contributed by atoms with Crippen LogP contribution in [0, 0.1) is 22.6 Å². The van der Waals surface area contributed by atoms with Gasteiger partial charge in [-0.15, -0.1) is 5.10 Å². The molecule has 1 unspecified atom stereocenters. The minimum atomic E-state index is -1.58. The van der Waals surface area contributed by atoms with Crippen molar-refractivity contribution in [3.05, 3.63) is 76.5 Å². The molecule has 2 aliphatic rings. The van der Waals surface area contributed by atoms with E-state index in [-0.39, 0.29) is 11.5 Å². The van der Waals surface area contributed by atoms with Crippen molar-refractivity contribution in [2.45, 2.75) is 64.1 Å². The Morgan fingerprint density at radius 2 is 2.03 bits per heavy atom. The molecular formula is C29H29ClFN7. The summed E-state index contributed by atoms with van der Waals surface area (Å²) in [5, 5.41) is 26.5. The molecule has 2 fully saturated rings. The fourth-order valence-electron chi connectivity index (χ4n) is 5.29. The van der Waals surface area contributed by atoms with Crippen molar-refractivity contribution in [2.24, 2.45) is 5.41 Å². The van der Waals surface area contributed by atoms with E-state index < -0.39 is 11.8 Å². The summed E-state index contributed by atoms with van der Waals surface area (Å²) in [4.78, 5) is 4.48. The van der Waals surface area contributed by atoms with Crippen LogP contribution in [0.15, 0.2) is 48.8 Å². The second-order valence-electron chi connectivity index (χ2n) is 10.9. The molecule has 2 saturated carbocycles. The number of nitrogens with zero attached hydrogens (tertiary/aromatic N) is 5. The van der Waals surface area contributed by atoms with Gasteiger partial charge < -0.3 is 10.6 Å². The molecule has 0 radical (unpaired) electrons. The molecule has 0 spiro atoms. The second kappa shape index (κ2) is 9.55. The summed E-state index contributed by atoms with van der Waals surface area (Å²) >= 11 is 6.74. The maximum Gasteiger partial charge on any atom is 0.123 e. The van der Waals surface area contributed by atoms with Crippen LogP contribution in [0.25, 0.3) is 10.9 Å². The van der Waals surface area contributed by atoms with Crippen molar-refractivity contribution in [2.75, 3.05) is 10.6 Å². The number of pyridine rings is 1. The van der Waals surface area contributed by atoms with Gasteiger partial charge in [0, 0.05) is 23.3 Å². The van der Waals surface area contributed by atoms with E-state index in [9.17, 15) is 11.0 Å². The number of nitriles is 1. The van der Waals surface area contributed by atoms with E-state index in [0.29, 0.717) is 50.2 Å². The molecule has 0 bridgehead atoms. The topological polar surface area (TPSA) is 91.5 Å². The molecule has 4 aromatic rings. The summed E-state index contributed by atoms with van der Waals surface area (Å²) in [6, 6.07) is 10.5. The number of benzene rings is 2. The highest BCUT2D eigenvalue weighted by molar-refractivity contribution is 6.35. The Kier molecular flexibility index (Phi) is 5.89. The molecule has 2 N–H and O–H groups in total. The lowest BCUT2D eigenvalue weighted by molar-refractivity contribution is 0.350. The molecule has 9 heteroatoms. The minimum absolute atomic E-state index is 0.0777. The number of hydrogen-bond acceptors (Lipinski definition) is 6. The van der Waals surface area contributed by atoms with Crippen LogP contribution in [0.2, 0.25) is 5.02 Å². The third-order valence-corrected chi connectivity index (χ3v) is 8.00. The lowest BCUT2D eigenvalue weighted by atomic mass is 9.87. The fraction of sp³-hybridized carbons (Fsp3) is 0.379. The number of fused-ring (bicyclic) bond motifs is 1. The highest BCUT2D eigenvalue weighted by atomic mass is 35.5. The van der Waals surface area contributed by atoms with Gasteiger partial charge in [0.1, 0.15) is 17.6 Å². The summed E-state index contributed by atoms with van der Waals surface area (Å²) in [6.07, 6.45) is 8.60. The van der Waals surface area contributed by atoms with E-state index in [2.05, 4.69) is 45.8 Å². The predicted molar refractivity (Wildman–Crippen MR) is 147 cm³/mol. The van der Waals surface area contributed by atoms with Gasteiger partial charge in [-0.05, 0) is 60.9 Å². The van der Waals surface area contributed by atoms with Gasteiger partial charge in [0.05, 0.1) is 41.4 Å². The highest BCUT2D eigenvalue weighted by Gasteiger charge is 2.35. The largest absolute Gasteiger partial charge is 0.380 e. The van der Waals surface area contributed by atoms with Crippen molar-refractivity contribution in [3.8, 4) is 6.07 Å². The lowest BCUT2D eigenvalue weighted by Crippen LogP contribution is -2.31. The molecule has 2 aromatic heterocycles. The van der Waals surface area contributed by atoms with Gasteiger partial charge in [0.25, 0.3) is 0 Å². The minimum Gasteiger partial charge on any atom is -0.380 e. The quantitative estimate of drug-likeness (QED) is 0.267. The predicted octanol–water partition coefficient (Wildman–Crippen LogP) is 7.02. The Balaban J connectivity index is 1.46. The van der Waals surface area contributed by atoms with Crippen LogP contribution < -0.4 is 10.6 Å². The molecular weight excluding hydrogens is 501 g/mol. The highest BCUT2D eigenvalue weighted by Crippen LogP contribution is 2.42. The van der Waals surface area contributed by atoms with Gasteiger partial charge in [-0.25, -0.2) is 9.07 Å². The Bertz CT molecular complexity index is 1590. The first-order valence-corrected chi connectivity index (χ1v) is 13.3. The summed E-state index contributed by atoms with van der Waals surface area (Å²) < 4.78 is 25.2. The summed E-state index contributed by atoms with van der Waals surface area (Å²) in [6.45, 7) is 4.47. The van der Waals surface area contributed by atoms with Crippen LogP contribution in [-0.4, -0.2) is 26.0 Å². The molecule has 194 valence electrons. The average Bonchev–Trinajstić information content (AvgIpc) is 3.53. The zero-order valence-corrected chi connectivity index (χ0v) is 22.1. The first-order chi connectivity index (χ1) is 18.7. The van der Waals surface area contributed by atoms with Gasteiger partial charge in [-0.2, -0.15) is 5.26 Å². The number of hydrogen-bond donors (Lipinski definition) is 2. The van der Waals surface area contributed by atoms with E-state index in [1.807, 2.05) is 6.07 Å². The Morgan fingerprint density at radius 3 is 2.71 bits per heavy atom. The van der Waals surface area contributed by atoms with E-state index in [1.165, 1.54) is 12.1 Å². The molecule has 38 heavy (non-hydrogen) atoms. The molecule has 2 atom stereocenters. The Hall–Kier alpha value is -3.70. The summed E-state index contributed by atoms with van der Waals surface area (Å²) in [5.74, 6) is -0.392. The molecule has 7 nitrogen and oxygen atoms in total. The second-order valence-corrected chi connectivity index (χ2v) is 11.3. The van der Waals surface area contributed by atoms with Crippen LogP contribution in [0.4, 0.5) is 15.8 Å². The summed E-state index contributed by atoms with van der Waals surface area (Å²) in [7, 11) is 0. The van der Waals surface area contributed by atoms with E-state index in [1.54, 1.807) is 35.3 Å². The molecule has 6 rings (SSSR count). The molecule has 2 aliphatic carbocycles. The van der Waals surface area contributed by atoms with Crippen LogP contribution in [0.3, 0.4) is 0 Å². The van der Waals surface area contributed by atoms with Gasteiger partial charge >= 0.3 is 0 Å². The third-order valence-electron chi connectivity index (χ3n) is 7.71. The fourth-order valence-corrected chi connectivity index (χ4v) is 5.56. The molecule has 0 amide bonds. The molecule has 0 aliphatic heterocycles. The first-order valence-electron chi connectivity index (χ1n) is 13.4. The number of halogens is 2. The number of aromatic nitrogens is 4. The van der Waals surface area contributed by atoms with Crippen LogP contribution in [0.5, 0.6) is 0 Å². The lowest BCUT2D eigenvalue weighted by Gasteiger charge is -2.29.